The van der Waals surface area contributed by atoms with Crippen molar-refractivity contribution in [3.05, 3.63) is 76.5 Å². The first-order valence-corrected chi connectivity index (χ1v) is 9.98. The molecule has 6 heteroatoms. The highest BCUT2D eigenvalue weighted by molar-refractivity contribution is 5.92. The van der Waals surface area contributed by atoms with Crippen LogP contribution >= 0.6 is 0 Å². The average Bonchev–Trinajstić information content (AvgIpc) is 2.74. The number of aryl methyl sites for hydroxylation is 1. The summed E-state index contributed by atoms with van der Waals surface area (Å²) in [4.78, 5) is 29.2. The van der Waals surface area contributed by atoms with Gasteiger partial charge in [0.1, 0.15) is 5.82 Å². The van der Waals surface area contributed by atoms with Crippen LogP contribution in [-0.4, -0.2) is 46.0 Å². The van der Waals surface area contributed by atoms with Crippen LogP contribution in [0.2, 0.25) is 0 Å². The molecule has 2 aromatic heterocycles. The van der Waals surface area contributed by atoms with Crippen LogP contribution < -0.4 is 10.5 Å². The van der Waals surface area contributed by atoms with E-state index in [1.807, 2.05) is 30.5 Å². The monoisotopic (exact) mass is 385 g/mol. The highest BCUT2D eigenvalue weighted by Crippen LogP contribution is 2.27. The van der Waals surface area contributed by atoms with Crippen LogP contribution in [-0.2, 0) is 6.54 Å². The van der Waals surface area contributed by atoms with Crippen molar-refractivity contribution >= 4 is 27.5 Å². The molecule has 5 rings (SSSR count). The molecule has 1 N–H and O–H groups in total. The molecule has 4 aromatic rings. The van der Waals surface area contributed by atoms with Gasteiger partial charge in [-0.3, -0.25) is 14.7 Å². The lowest BCUT2D eigenvalue weighted by Gasteiger charge is -2.36. The first kappa shape index (κ1) is 17.8. The molecule has 0 atom stereocenters. The van der Waals surface area contributed by atoms with Gasteiger partial charge in [-0.2, -0.15) is 0 Å². The fourth-order valence-corrected chi connectivity index (χ4v) is 4.09. The SMILES string of the molecule is Cc1ccc2nccc(N3CCN(Cc4nc5ccccc5c(=O)[nH]4)CC3)c2c1. The minimum absolute atomic E-state index is 0.0668. The van der Waals surface area contributed by atoms with Crippen molar-refractivity contribution in [2.24, 2.45) is 0 Å². The first-order valence-electron chi connectivity index (χ1n) is 9.98. The Morgan fingerprint density at radius 1 is 0.966 bits per heavy atom. The summed E-state index contributed by atoms with van der Waals surface area (Å²) in [6, 6.07) is 16.0. The summed E-state index contributed by atoms with van der Waals surface area (Å²) in [5.41, 5.74) is 4.21. The van der Waals surface area contributed by atoms with Crippen molar-refractivity contribution in [3.8, 4) is 0 Å². The summed E-state index contributed by atoms with van der Waals surface area (Å²) in [5, 5.41) is 1.85. The molecule has 2 aromatic carbocycles. The lowest BCUT2D eigenvalue weighted by atomic mass is 10.1. The second-order valence-electron chi connectivity index (χ2n) is 7.64. The molecule has 29 heavy (non-hydrogen) atoms. The van der Waals surface area contributed by atoms with Gasteiger partial charge in [-0.15, -0.1) is 0 Å². The number of aromatic amines is 1. The molecule has 1 aliphatic heterocycles. The number of fused-ring (bicyclic) bond motifs is 2. The zero-order chi connectivity index (χ0) is 19.8. The van der Waals surface area contributed by atoms with Crippen molar-refractivity contribution in [1.29, 1.82) is 0 Å². The predicted octanol–water partition coefficient (Wildman–Crippen LogP) is 3.10. The molecule has 0 bridgehead atoms. The number of pyridine rings is 1. The molecule has 1 saturated heterocycles. The van der Waals surface area contributed by atoms with Crippen LogP contribution in [0.25, 0.3) is 21.8 Å². The Balaban J connectivity index is 1.32. The lowest BCUT2D eigenvalue weighted by molar-refractivity contribution is 0.244. The number of para-hydroxylation sites is 1. The molecule has 0 unspecified atom stereocenters. The minimum Gasteiger partial charge on any atom is -0.368 e. The maximum atomic E-state index is 12.3. The quantitative estimate of drug-likeness (QED) is 0.587. The molecule has 0 aliphatic carbocycles. The van der Waals surface area contributed by atoms with Gasteiger partial charge < -0.3 is 9.88 Å². The standard InChI is InChI=1S/C23H23N5O/c1-16-6-7-19-18(14-16)21(8-9-24-19)28-12-10-27(11-13-28)15-22-25-20-5-3-2-4-17(20)23(29)26-22/h2-9,14H,10-13,15H2,1H3,(H,25,26,29). The van der Waals surface area contributed by atoms with E-state index in [1.165, 1.54) is 16.6 Å². The van der Waals surface area contributed by atoms with E-state index in [0.717, 1.165) is 43.0 Å². The molecule has 1 aliphatic rings. The van der Waals surface area contributed by atoms with Crippen molar-refractivity contribution in [2.75, 3.05) is 31.1 Å². The topological polar surface area (TPSA) is 65.1 Å². The number of aromatic nitrogens is 3. The molecule has 6 nitrogen and oxygen atoms in total. The number of rotatable bonds is 3. The third kappa shape index (κ3) is 3.47. The predicted molar refractivity (Wildman–Crippen MR) is 116 cm³/mol. The number of hydrogen-bond acceptors (Lipinski definition) is 5. The number of nitrogens with zero attached hydrogens (tertiary/aromatic N) is 4. The van der Waals surface area contributed by atoms with Crippen molar-refractivity contribution in [2.45, 2.75) is 13.5 Å². The highest BCUT2D eigenvalue weighted by Gasteiger charge is 2.20. The molecule has 0 spiro atoms. The van der Waals surface area contributed by atoms with E-state index in [9.17, 15) is 4.79 Å². The number of nitrogens with one attached hydrogen (secondary N) is 1. The van der Waals surface area contributed by atoms with E-state index in [2.05, 4.69) is 55.9 Å². The average molecular weight is 385 g/mol. The Labute approximate surface area is 168 Å². The maximum absolute atomic E-state index is 12.3. The van der Waals surface area contributed by atoms with Gasteiger partial charge in [-0.1, -0.05) is 23.8 Å². The van der Waals surface area contributed by atoms with Crippen LogP contribution in [0.3, 0.4) is 0 Å². The Bertz CT molecular complexity index is 1240. The van der Waals surface area contributed by atoms with Crippen molar-refractivity contribution < 1.29 is 0 Å². The van der Waals surface area contributed by atoms with Crippen LogP contribution in [0.1, 0.15) is 11.4 Å². The van der Waals surface area contributed by atoms with Gasteiger partial charge in [-0.25, -0.2) is 4.98 Å². The zero-order valence-electron chi connectivity index (χ0n) is 16.4. The van der Waals surface area contributed by atoms with Gasteiger partial charge in [0.25, 0.3) is 5.56 Å². The summed E-state index contributed by atoms with van der Waals surface area (Å²) in [6.07, 6.45) is 1.89. The molecule has 1 fully saturated rings. The van der Waals surface area contributed by atoms with Gasteiger partial charge in [0.05, 0.1) is 23.0 Å². The number of hydrogen-bond donors (Lipinski definition) is 1. The molecule has 0 amide bonds. The third-order valence-corrected chi connectivity index (χ3v) is 5.62. The molecular formula is C23H23N5O. The fraction of sp³-hybridized carbons (Fsp3) is 0.261. The largest absolute Gasteiger partial charge is 0.368 e. The number of benzene rings is 2. The van der Waals surface area contributed by atoms with E-state index in [-0.39, 0.29) is 5.56 Å². The molecule has 3 heterocycles. The van der Waals surface area contributed by atoms with Crippen LogP contribution in [0.5, 0.6) is 0 Å². The lowest BCUT2D eigenvalue weighted by Crippen LogP contribution is -2.46. The molecule has 146 valence electrons. The highest BCUT2D eigenvalue weighted by atomic mass is 16.1. The van der Waals surface area contributed by atoms with Gasteiger partial charge in [0, 0.05) is 43.4 Å². The summed E-state index contributed by atoms with van der Waals surface area (Å²) < 4.78 is 0. The summed E-state index contributed by atoms with van der Waals surface area (Å²) in [5.74, 6) is 0.729. The van der Waals surface area contributed by atoms with Gasteiger partial charge >= 0.3 is 0 Å². The van der Waals surface area contributed by atoms with Crippen LogP contribution in [0, 0.1) is 6.92 Å². The van der Waals surface area contributed by atoms with E-state index >= 15 is 0 Å². The number of anilines is 1. The summed E-state index contributed by atoms with van der Waals surface area (Å²) in [6.45, 7) is 6.49. The van der Waals surface area contributed by atoms with Crippen LogP contribution in [0.15, 0.2) is 59.5 Å². The van der Waals surface area contributed by atoms with E-state index in [0.29, 0.717) is 11.9 Å². The number of piperazine rings is 1. The summed E-state index contributed by atoms with van der Waals surface area (Å²) in [7, 11) is 0. The van der Waals surface area contributed by atoms with E-state index in [4.69, 9.17) is 0 Å². The zero-order valence-corrected chi connectivity index (χ0v) is 16.4. The van der Waals surface area contributed by atoms with E-state index < -0.39 is 0 Å². The Kier molecular flexibility index (Phi) is 4.48. The van der Waals surface area contributed by atoms with Crippen LogP contribution in [0.4, 0.5) is 5.69 Å². The van der Waals surface area contributed by atoms with Crippen molar-refractivity contribution in [1.82, 2.24) is 19.9 Å². The first-order chi connectivity index (χ1) is 14.2. The maximum Gasteiger partial charge on any atom is 0.258 e. The molecule has 0 radical (unpaired) electrons. The second kappa shape index (κ2) is 7.29. The van der Waals surface area contributed by atoms with Crippen molar-refractivity contribution in [3.63, 3.8) is 0 Å². The van der Waals surface area contributed by atoms with Gasteiger partial charge in [-0.05, 0) is 37.3 Å². The molecular weight excluding hydrogens is 362 g/mol. The normalized spacial score (nSPS) is 15.3. The van der Waals surface area contributed by atoms with Gasteiger partial charge in [0.15, 0.2) is 0 Å². The smallest absolute Gasteiger partial charge is 0.258 e. The van der Waals surface area contributed by atoms with Gasteiger partial charge in [0.2, 0.25) is 0 Å². The second-order valence-corrected chi connectivity index (χ2v) is 7.64. The Morgan fingerprint density at radius 3 is 2.66 bits per heavy atom. The number of H-pyrrole nitrogens is 1. The Hall–Kier alpha value is -3.25. The van der Waals surface area contributed by atoms with E-state index in [1.54, 1.807) is 0 Å². The third-order valence-electron chi connectivity index (χ3n) is 5.62. The fourth-order valence-electron chi connectivity index (χ4n) is 4.09. The molecule has 0 saturated carbocycles. The summed E-state index contributed by atoms with van der Waals surface area (Å²) >= 11 is 0. The Morgan fingerprint density at radius 2 is 1.79 bits per heavy atom. The minimum atomic E-state index is -0.0668.